The molecule has 2 rings (SSSR count). The predicted molar refractivity (Wildman–Crippen MR) is 98.1 cm³/mol. The Balaban J connectivity index is 2.65. The zero-order valence-corrected chi connectivity index (χ0v) is 16.4. The van der Waals surface area contributed by atoms with Crippen LogP contribution in [0.25, 0.3) is 0 Å². The van der Waals surface area contributed by atoms with Crippen molar-refractivity contribution in [1.82, 2.24) is 0 Å². The summed E-state index contributed by atoms with van der Waals surface area (Å²) < 4.78 is 30.8. The molecule has 21 heavy (non-hydrogen) atoms. The molecule has 7 heteroatoms. The summed E-state index contributed by atoms with van der Waals surface area (Å²) in [5, 5.41) is 0.925. The Morgan fingerprint density at radius 1 is 1.10 bits per heavy atom. The Bertz CT molecular complexity index is 717. The second kappa shape index (κ2) is 6.95. The molecule has 0 saturated heterocycles. The van der Waals surface area contributed by atoms with Gasteiger partial charge < -0.3 is 0 Å². The van der Waals surface area contributed by atoms with Crippen molar-refractivity contribution in [2.24, 2.45) is 4.15 Å². The van der Waals surface area contributed by atoms with Gasteiger partial charge in [-0.25, -0.2) is 8.42 Å². The maximum Gasteiger partial charge on any atom is 0.252 e. The number of unbranched alkanes of at least 4 members (excludes halogenated alkanes) is 1. The molecule has 0 unspecified atom stereocenters. The molecule has 3 nitrogen and oxygen atoms in total. The van der Waals surface area contributed by atoms with Crippen LogP contribution in [0.2, 0.25) is 0 Å². The van der Waals surface area contributed by atoms with Crippen molar-refractivity contribution in [1.29, 1.82) is 0 Å². The average Bonchev–Trinajstić information content (AvgIpc) is 2.75. The SMILES string of the molecule is CCCCS(=O)(=O)N=P1(c2ccccc2)C(Br)=CC=C1Br. The third-order valence-electron chi connectivity index (χ3n) is 3.11. The van der Waals surface area contributed by atoms with Gasteiger partial charge in [0.05, 0.1) is 12.8 Å². The summed E-state index contributed by atoms with van der Waals surface area (Å²) in [5.41, 5.74) is 0. The highest BCUT2D eigenvalue weighted by atomic mass is 79.9. The molecule has 1 aliphatic rings. The normalized spacial score (nSPS) is 17.3. The smallest absolute Gasteiger partial charge is 0.205 e. The van der Waals surface area contributed by atoms with E-state index in [0.29, 0.717) is 6.42 Å². The lowest BCUT2D eigenvalue weighted by molar-refractivity contribution is 0.595. The molecule has 0 aromatic heterocycles. The second-order valence-corrected chi connectivity index (χ2v) is 12.6. The van der Waals surface area contributed by atoms with Gasteiger partial charge in [0.25, 0.3) is 10.0 Å². The zero-order chi connectivity index (χ0) is 15.5. The maximum absolute atomic E-state index is 12.4. The van der Waals surface area contributed by atoms with Crippen molar-refractivity contribution < 1.29 is 8.42 Å². The van der Waals surface area contributed by atoms with E-state index in [1.165, 1.54) is 0 Å². The number of rotatable bonds is 5. The monoisotopic (exact) mass is 451 g/mol. The highest BCUT2D eigenvalue weighted by Gasteiger charge is 2.34. The molecule has 0 radical (unpaired) electrons. The van der Waals surface area contributed by atoms with E-state index in [1.807, 2.05) is 49.4 Å². The minimum atomic E-state index is -3.47. The van der Waals surface area contributed by atoms with Crippen LogP contribution in [0, 0.1) is 0 Å². The van der Waals surface area contributed by atoms with Crippen molar-refractivity contribution >= 4 is 54.2 Å². The van der Waals surface area contributed by atoms with E-state index in [9.17, 15) is 8.42 Å². The number of hydrogen-bond acceptors (Lipinski definition) is 2. The van der Waals surface area contributed by atoms with E-state index in [-0.39, 0.29) is 5.75 Å². The zero-order valence-electron chi connectivity index (χ0n) is 11.5. The Morgan fingerprint density at radius 3 is 2.19 bits per heavy atom. The van der Waals surface area contributed by atoms with E-state index in [0.717, 1.165) is 20.2 Å². The fourth-order valence-electron chi connectivity index (χ4n) is 2.03. The van der Waals surface area contributed by atoms with Gasteiger partial charge in [-0.15, -0.1) is 0 Å². The fraction of sp³-hybridized carbons (Fsp3) is 0.286. The minimum absolute atomic E-state index is 0.0959. The quantitative estimate of drug-likeness (QED) is 0.581. The van der Waals surface area contributed by atoms with Gasteiger partial charge in [-0.1, -0.05) is 43.7 Å². The first-order chi connectivity index (χ1) is 9.92. The van der Waals surface area contributed by atoms with Gasteiger partial charge in [-0.3, -0.25) is 0 Å². The summed E-state index contributed by atoms with van der Waals surface area (Å²) >= 11 is 7.06. The first-order valence-corrected chi connectivity index (χ1v) is 11.5. The van der Waals surface area contributed by atoms with Crippen LogP contribution in [-0.2, 0) is 10.0 Å². The molecule has 0 bridgehead atoms. The first-order valence-electron chi connectivity index (χ1n) is 6.58. The van der Waals surface area contributed by atoms with E-state index >= 15 is 0 Å². The molecule has 0 spiro atoms. The molecule has 0 aliphatic carbocycles. The Morgan fingerprint density at radius 2 is 1.67 bits per heavy atom. The van der Waals surface area contributed by atoms with Crippen LogP contribution in [0.5, 0.6) is 0 Å². The third-order valence-corrected chi connectivity index (χ3v) is 12.1. The molecule has 114 valence electrons. The number of sulfonamides is 1. The molecule has 1 aromatic carbocycles. The van der Waals surface area contributed by atoms with Gasteiger partial charge in [0.2, 0.25) is 0 Å². The molecule has 0 amide bonds. The van der Waals surface area contributed by atoms with E-state index in [4.69, 9.17) is 0 Å². The van der Waals surface area contributed by atoms with Crippen molar-refractivity contribution in [3.05, 3.63) is 50.9 Å². The largest absolute Gasteiger partial charge is 0.252 e. The van der Waals surface area contributed by atoms with Gasteiger partial charge in [0.15, 0.2) is 0 Å². The number of nitrogens with zero attached hydrogens (tertiary/aromatic N) is 1. The minimum Gasteiger partial charge on any atom is -0.205 e. The Kier molecular flexibility index (Phi) is 5.69. The van der Waals surface area contributed by atoms with Crippen molar-refractivity contribution in [3.8, 4) is 0 Å². The van der Waals surface area contributed by atoms with Crippen LogP contribution in [0.15, 0.2) is 55.1 Å². The highest BCUT2D eigenvalue weighted by molar-refractivity contribution is 9.15. The summed E-state index contributed by atoms with van der Waals surface area (Å²) in [4.78, 5) is 0. The lowest BCUT2D eigenvalue weighted by Gasteiger charge is -2.21. The predicted octanol–water partition coefficient (Wildman–Crippen LogP) is 5.13. The van der Waals surface area contributed by atoms with Gasteiger partial charge in [-0.2, -0.15) is 4.15 Å². The van der Waals surface area contributed by atoms with Gasteiger partial charge >= 0.3 is 0 Å². The number of hydrogen-bond donors (Lipinski definition) is 0. The molecule has 1 heterocycles. The van der Waals surface area contributed by atoms with Crippen molar-refractivity contribution in [3.63, 3.8) is 0 Å². The second-order valence-electron chi connectivity index (χ2n) is 4.67. The number of allylic oxidation sites excluding steroid dienone is 2. The molecule has 0 fully saturated rings. The average molecular weight is 453 g/mol. The summed E-state index contributed by atoms with van der Waals surface area (Å²) in [7, 11) is -5.92. The van der Waals surface area contributed by atoms with E-state index in [2.05, 4.69) is 36.0 Å². The van der Waals surface area contributed by atoms with Crippen LogP contribution in [0.1, 0.15) is 19.8 Å². The van der Waals surface area contributed by atoms with Gasteiger partial charge in [0.1, 0.15) is 0 Å². The van der Waals surface area contributed by atoms with Crippen LogP contribution < -0.4 is 5.30 Å². The van der Waals surface area contributed by atoms with E-state index < -0.39 is 17.1 Å². The summed E-state index contributed by atoms with van der Waals surface area (Å²) in [6.45, 7) is 1.97. The fourth-order valence-corrected chi connectivity index (χ4v) is 11.9. The topological polar surface area (TPSA) is 46.5 Å². The van der Waals surface area contributed by atoms with Gasteiger partial charge in [0, 0.05) is 13.8 Å². The molecule has 0 N–H and O–H groups in total. The summed E-state index contributed by atoms with van der Waals surface area (Å²) in [6, 6.07) is 9.59. The molecule has 1 aliphatic heterocycles. The molecule has 0 saturated carbocycles. The van der Waals surface area contributed by atoms with Crippen LogP contribution in [0.4, 0.5) is 0 Å². The van der Waals surface area contributed by atoms with Crippen LogP contribution in [-0.4, -0.2) is 14.2 Å². The van der Waals surface area contributed by atoms with Crippen molar-refractivity contribution in [2.75, 3.05) is 5.75 Å². The van der Waals surface area contributed by atoms with Crippen LogP contribution in [0.3, 0.4) is 0 Å². The molecule has 0 atom stereocenters. The molecule has 1 aromatic rings. The lowest BCUT2D eigenvalue weighted by Crippen LogP contribution is -2.08. The number of halogens is 2. The third kappa shape index (κ3) is 3.61. The molecular formula is C14H16Br2NO2PS. The molecular weight excluding hydrogens is 437 g/mol. The van der Waals surface area contributed by atoms with Crippen molar-refractivity contribution in [2.45, 2.75) is 19.8 Å². The summed E-state index contributed by atoms with van der Waals surface area (Å²) in [6.07, 6.45) is 5.22. The Hall–Kier alpha value is -0.160. The maximum atomic E-state index is 12.4. The first kappa shape index (κ1) is 17.2. The lowest BCUT2D eigenvalue weighted by atomic mass is 10.4. The van der Waals surface area contributed by atoms with Gasteiger partial charge in [-0.05, 0) is 50.4 Å². The standard InChI is InChI=1S/C14H16Br2NO2PS/c1-2-3-11-21(18,19)17-20(12-7-5-4-6-8-12)13(15)9-10-14(20)16/h4-10H,2-3,11H2,1H3. The Labute approximate surface area is 142 Å². The highest BCUT2D eigenvalue weighted by Crippen LogP contribution is 2.70. The summed E-state index contributed by atoms with van der Waals surface area (Å²) in [5.74, 6) is 0.0959. The van der Waals surface area contributed by atoms with E-state index in [1.54, 1.807) is 0 Å². The van der Waals surface area contributed by atoms with Crippen LogP contribution >= 0.6 is 38.9 Å². The number of benzene rings is 1.